The smallest absolute Gasteiger partial charge is 0.118 e. The van der Waals surface area contributed by atoms with Crippen LogP contribution in [-0.2, 0) is 13.6 Å². The first kappa shape index (κ1) is 12.6. The lowest BCUT2D eigenvalue weighted by Crippen LogP contribution is -2.10. The molecular formula is C14H19N3O. The number of hydrogen-bond donors (Lipinski definition) is 1. The molecule has 0 unspecified atom stereocenters. The fourth-order valence-electron chi connectivity index (χ4n) is 2.21. The highest BCUT2D eigenvalue weighted by Crippen LogP contribution is 2.28. The molecule has 0 amide bonds. The Kier molecular flexibility index (Phi) is 3.67. The molecule has 0 bridgehead atoms. The molecule has 1 aromatic heterocycles. The highest BCUT2D eigenvalue weighted by Gasteiger charge is 2.14. The van der Waals surface area contributed by atoms with Crippen molar-refractivity contribution in [3.05, 3.63) is 35.7 Å². The van der Waals surface area contributed by atoms with E-state index in [2.05, 4.69) is 22.5 Å². The van der Waals surface area contributed by atoms with E-state index in [0.29, 0.717) is 0 Å². The van der Waals surface area contributed by atoms with Crippen molar-refractivity contribution in [3.8, 4) is 16.9 Å². The summed E-state index contributed by atoms with van der Waals surface area (Å²) >= 11 is 0. The highest BCUT2D eigenvalue weighted by molar-refractivity contribution is 5.69. The number of aromatic nitrogens is 2. The third-order valence-electron chi connectivity index (χ3n) is 3.06. The summed E-state index contributed by atoms with van der Waals surface area (Å²) in [6.07, 6.45) is 0. The van der Waals surface area contributed by atoms with Gasteiger partial charge in [-0.25, -0.2) is 0 Å². The van der Waals surface area contributed by atoms with Gasteiger partial charge in [0, 0.05) is 19.2 Å². The summed E-state index contributed by atoms with van der Waals surface area (Å²) in [7, 11) is 5.60. The molecule has 0 saturated carbocycles. The number of benzene rings is 1. The molecule has 1 heterocycles. The second-order valence-corrected chi connectivity index (χ2v) is 4.29. The standard InChI is InChI=1S/C14H19N3O/c1-10-14(13(9-15-2)17(3)16-10)11-5-7-12(18-4)8-6-11/h5-8,15H,9H2,1-4H3. The van der Waals surface area contributed by atoms with E-state index in [0.717, 1.165) is 18.0 Å². The maximum absolute atomic E-state index is 5.19. The van der Waals surface area contributed by atoms with Gasteiger partial charge < -0.3 is 10.1 Å². The van der Waals surface area contributed by atoms with Crippen molar-refractivity contribution in [1.29, 1.82) is 0 Å². The quantitative estimate of drug-likeness (QED) is 0.896. The van der Waals surface area contributed by atoms with Crippen LogP contribution < -0.4 is 10.1 Å². The van der Waals surface area contributed by atoms with Crippen LogP contribution in [0.1, 0.15) is 11.4 Å². The molecule has 0 aliphatic heterocycles. The van der Waals surface area contributed by atoms with Crippen molar-refractivity contribution in [3.63, 3.8) is 0 Å². The lowest BCUT2D eigenvalue weighted by atomic mass is 10.0. The van der Waals surface area contributed by atoms with Crippen molar-refractivity contribution in [2.75, 3.05) is 14.2 Å². The molecule has 1 N–H and O–H groups in total. The third-order valence-corrected chi connectivity index (χ3v) is 3.06. The number of aryl methyl sites for hydroxylation is 2. The molecule has 0 spiro atoms. The Morgan fingerprint density at radius 2 is 1.94 bits per heavy atom. The molecule has 0 aliphatic rings. The zero-order chi connectivity index (χ0) is 13.1. The molecule has 96 valence electrons. The van der Waals surface area contributed by atoms with Crippen LogP contribution in [0.5, 0.6) is 5.75 Å². The Balaban J connectivity index is 2.48. The summed E-state index contributed by atoms with van der Waals surface area (Å²) in [6, 6.07) is 8.10. The van der Waals surface area contributed by atoms with Gasteiger partial charge in [-0.05, 0) is 31.7 Å². The van der Waals surface area contributed by atoms with E-state index >= 15 is 0 Å². The molecule has 2 aromatic rings. The lowest BCUT2D eigenvalue weighted by molar-refractivity contribution is 0.415. The fourth-order valence-corrected chi connectivity index (χ4v) is 2.21. The monoisotopic (exact) mass is 245 g/mol. The van der Waals surface area contributed by atoms with E-state index in [9.17, 15) is 0 Å². The largest absolute Gasteiger partial charge is 0.497 e. The Morgan fingerprint density at radius 3 is 2.50 bits per heavy atom. The van der Waals surface area contributed by atoms with Crippen molar-refractivity contribution >= 4 is 0 Å². The fraction of sp³-hybridized carbons (Fsp3) is 0.357. The molecule has 0 atom stereocenters. The summed E-state index contributed by atoms with van der Waals surface area (Å²) in [5, 5.41) is 7.68. The number of nitrogens with one attached hydrogen (secondary N) is 1. The molecule has 18 heavy (non-hydrogen) atoms. The number of methoxy groups -OCH3 is 1. The van der Waals surface area contributed by atoms with Crippen LogP contribution in [-0.4, -0.2) is 23.9 Å². The van der Waals surface area contributed by atoms with Crippen molar-refractivity contribution in [1.82, 2.24) is 15.1 Å². The van der Waals surface area contributed by atoms with E-state index in [-0.39, 0.29) is 0 Å². The molecular weight excluding hydrogens is 226 g/mol. The van der Waals surface area contributed by atoms with E-state index in [1.54, 1.807) is 7.11 Å². The molecule has 0 saturated heterocycles. The molecule has 0 fully saturated rings. The van der Waals surface area contributed by atoms with E-state index in [1.165, 1.54) is 16.8 Å². The summed E-state index contributed by atoms with van der Waals surface area (Å²) < 4.78 is 7.12. The van der Waals surface area contributed by atoms with Crippen LogP contribution >= 0.6 is 0 Å². The van der Waals surface area contributed by atoms with Crippen LogP contribution in [0.3, 0.4) is 0 Å². The SMILES string of the molecule is CNCc1c(-c2ccc(OC)cc2)c(C)nn1C. The van der Waals surface area contributed by atoms with Crippen LogP contribution in [0.2, 0.25) is 0 Å². The van der Waals surface area contributed by atoms with Gasteiger partial charge in [0.2, 0.25) is 0 Å². The Bertz CT molecular complexity index is 529. The van der Waals surface area contributed by atoms with E-state index in [4.69, 9.17) is 4.74 Å². The number of rotatable bonds is 4. The van der Waals surface area contributed by atoms with Gasteiger partial charge in [-0.2, -0.15) is 5.10 Å². The normalized spacial score (nSPS) is 10.7. The minimum Gasteiger partial charge on any atom is -0.497 e. The zero-order valence-corrected chi connectivity index (χ0v) is 11.3. The van der Waals surface area contributed by atoms with Crippen LogP contribution in [0.4, 0.5) is 0 Å². The van der Waals surface area contributed by atoms with Crippen LogP contribution in [0.15, 0.2) is 24.3 Å². The van der Waals surface area contributed by atoms with Gasteiger partial charge in [0.15, 0.2) is 0 Å². The third kappa shape index (κ3) is 2.24. The maximum Gasteiger partial charge on any atom is 0.118 e. The summed E-state index contributed by atoms with van der Waals surface area (Å²) in [4.78, 5) is 0. The predicted octanol–water partition coefficient (Wildman–Crippen LogP) is 2.12. The van der Waals surface area contributed by atoms with Crippen molar-refractivity contribution < 1.29 is 4.74 Å². The average molecular weight is 245 g/mol. The first-order valence-electron chi connectivity index (χ1n) is 5.99. The van der Waals surface area contributed by atoms with Gasteiger partial charge in [-0.1, -0.05) is 12.1 Å². The molecule has 4 heteroatoms. The molecule has 0 aliphatic carbocycles. The van der Waals surface area contributed by atoms with Gasteiger partial charge in [-0.15, -0.1) is 0 Å². The van der Waals surface area contributed by atoms with Crippen LogP contribution in [0.25, 0.3) is 11.1 Å². The number of hydrogen-bond acceptors (Lipinski definition) is 3. The highest BCUT2D eigenvalue weighted by atomic mass is 16.5. The topological polar surface area (TPSA) is 39.1 Å². The van der Waals surface area contributed by atoms with Crippen molar-refractivity contribution in [2.45, 2.75) is 13.5 Å². The molecule has 0 radical (unpaired) electrons. The Labute approximate surface area is 108 Å². The molecule has 2 rings (SSSR count). The summed E-state index contributed by atoms with van der Waals surface area (Å²) in [5.41, 5.74) is 4.62. The first-order chi connectivity index (χ1) is 8.67. The predicted molar refractivity (Wildman–Crippen MR) is 72.7 cm³/mol. The van der Waals surface area contributed by atoms with Gasteiger partial charge in [0.05, 0.1) is 18.5 Å². The zero-order valence-electron chi connectivity index (χ0n) is 11.3. The minimum absolute atomic E-state index is 0.804. The maximum atomic E-state index is 5.19. The number of nitrogens with zero attached hydrogens (tertiary/aromatic N) is 2. The number of ether oxygens (including phenoxy) is 1. The minimum atomic E-state index is 0.804. The van der Waals surface area contributed by atoms with Gasteiger partial charge >= 0.3 is 0 Å². The first-order valence-corrected chi connectivity index (χ1v) is 5.99. The molecule has 1 aromatic carbocycles. The summed E-state index contributed by atoms with van der Waals surface area (Å²) in [5.74, 6) is 0.871. The van der Waals surface area contributed by atoms with Gasteiger partial charge in [0.25, 0.3) is 0 Å². The summed E-state index contributed by atoms with van der Waals surface area (Å²) in [6.45, 7) is 2.84. The van der Waals surface area contributed by atoms with E-state index in [1.807, 2.05) is 37.8 Å². The second-order valence-electron chi connectivity index (χ2n) is 4.29. The molecule has 4 nitrogen and oxygen atoms in total. The Morgan fingerprint density at radius 1 is 1.28 bits per heavy atom. The lowest BCUT2D eigenvalue weighted by Gasteiger charge is -2.07. The van der Waals surface area contributed by atoms with Crippen molar-refractivity contribution in [2.24, 2.45) is 7.05 Å². The van der Waals surface area contributed by atoms with Crippen LogP contribution in [0, 0.1) is 6.92 Å². The second kappa shape index (κ2) is 5.23. The van der Waals surface area contributed by atoms with Gasteiger partial charge in [-0.3, -0.25) is 4.68 Å². The average Bonchev–Trinajstić information content (AvgIpc) is 2.65. The van der Waals surface area contributed by atoms with Gasteiger partial charge in [0.1, 0.15) is 5.75 Å². The van der Waals surface area contributed by atoms with E-state index < -0.39 is 0 Å². The Hall–Kier alpha value is -1.81.